The van der Waals surface area contributed by atoms with Gasteiger partial charge < -0.3 is 5.32 Å². The maximum atomic E-state index is 13.1. The summed E-state index contributed by atoms with van der Waals surface area (Å²) in [5.74, 6) is 2.36. The summed E-state index contributed by atoms with van der Waals surface area (Å²) in [7, 11) is 0. The smallest absolute Gasteiger partial charge is 0.123 e. The maximum Gasteiger partial charge on any atom is 0.123 e. The summed E-state index contributed by atoms with van der Waals surface area (Å²) in [6, 6.07) is 5.63. The lowest BCUT2D eigenvalue weighted by Gasteiger charge is -2.23. The maximum absolute atomic E-state index is 13.1. The summed E-state index contributed by atoms with van der Waals surface area (Å²) in [6.07, 6.45) is 2.47. The zero-order chi connectivity index (χ0) is 11.4. The molecule has 1 saturated heterocycles. The highest BCUT2D eigenvalue weighted by Gasteiger charge is 2.13. The van der Waals surface area contributed by atoms with Gasteiger partial charge in [-0.1, -0.05) is 6.07 Å². The van der Waals surface area contributed by atoms with E-state index in [4.69, 9.17) is 0 Å². The Labute approximate surface area is 101 Å². The summed E-state index contributed by atoms with van der Waals surface area (Å²) in [5.41, 5.74) is 2.25. The van der Waals surface area contributed by atoms with Crippen LogP contribution < -0.4 is 5.32 Å². The monoisotopic (exact) mass is 239 g/mol. The molecule has 1 nitrogen and oxygen atoms in total. The fourth-order valence-electron chi connectivity index (χ4n) is 1.99. The molecule has 0 aromatic heterocycles. The largest absolute Gasteiger partial charge is 0.310 e. The van der Waals surface area contributed by atoms with E-state index in [1.807, 2.05) is 24.8 Å². The minimum Gasteiger partial charge on any atom is -0.310 e. The molecule has 88 valence electrons. The van der Waals surface area contributed by atoms with E-state index in [0.29, 0.717) is 6.04 Å². The first-order chi connectivity index (χ1) is 7.75. The first kappa shape index (κ1) is 11.9. The molecule has 0 radical (unpaired) electrons. The summed E-state index contributed by atoms with van der Waals surface area (Å²) in [4.78, 5) is 0. The Morgan fingerprint density at radius 3 is 2.88 bits per heavy atom. The van der Waals surface area contributed by atoms with Gasteiger partial charge in [-0.05, 0) is 54.5 Å². The second-order valence-corrected chi connectivity index (χ2v) is 5.56. The van der Waals surface area contributed by atoms with Crippen LogP contribution in [0.1, 0.15) is 24.0 Å². The van der Waals surface area contributed by atoms with Gasteiger partial charge in [-0.25, -0.2) is 4.39 Å². The zero-order valence-corrected chi connectivity index (χ0v) is 10.4. The van der Waals surface area contributed by atoms with Crippen LogP contribution >= 0.6 is 11.8 Å². The van der Waals surface area contributed by atoms with E-state index in [0.717, 1.165) is 12.1 Å². The SMILES string of the molecule is Cc1ccc(F)cc1CNC1CCSCC1. The Kier molecular flexibility index (Phi) is 4.24. The van der Waals surface area contributed by atoms with Crippen LogP contribution in [0.2, 0.25) is 0 Å². The molecule has 1 aromatic rings. The Hall–Kier alpha value is -0.540. The van der Waals surface area contributed by atoms with Gasteiger partial charge in [0.2, 0.25) is 0 Å². The highest BCUT2D eigenvalue weighted by Crippen LogP contribution is 2.18. The lowest BCUT2D eigenvalue weighted by atomic mass is 10.1. The Morgan fingerprint density at radius 1 is 1.38 bits per heavy atom. The van der Waals surface area contributed by atoms with Crippen molar-refractivity contribution in [2.24, 2.45) is 0 Å². The van der Waals surface area contributed by atoms with E-state index >= 15 is 0 Å². The van der Waals surface area contributed by atoms with Crippen LogP contribution in [0, 0.1) is 12.7 Å². The lowest BCUT2D eigenvalue weighted by Crippen LogP contribution is -2.32. The molecular formula is C13H18FNS. The van der Waals surface area contributed by atoms with Gasteiger partial charge in [-0.3, -0.25) is 0 Å². The van der Waals surface area contributed by atoms with Gasteiger partial charge in [0.1, 0.15) is 5.82 Å². The topological polar surface area (TPSA) is 12.0 Å². The summed E-state index contributed by atoms with van der Waals surface area (Å²) < 4.78 is 13.1. The van der Waals surface area contributed by atoms with Gasteiger partial charge >= 0.3 is 0 Å². The molecule has 16 heavy (non-hydrogen) atoms. The number of rotatable bonds is 3. The molecule has 1 N–H and O–H groups in total. The third-order valence-electron chi connectivity index (χ3n) is 3.11. The lowest BCUT2D eigenvalue weighted by molar-refractivity contribution is 0.480. The van der Waals surface area contributed by atoms with Crippen molar-refractivity contribution in [3.63, 3.8) is 0 Å². The predicted molar refractivity (Wildman–Crippen MR) is 68.3 cm³/mol. The predicted octanol–water partition coefficient (Wildman–Crippen LogP) is 3.12. The molecule has 1 heterocycles. The normalized spacial score (nSPS) is 17.6. The van der Waals surface area contributed by atoms with E-state index in [1.165, 1.54) is 36.0 Å². The zero-order valence-electron chi connectivity index (χ0n) is 9.63. The van der Waals surface area contributed by atoms with Crippen LogP contribution in [-0.4, -0.2) is 17.5 Å². The fraction of sp³-hybridized carbons (Fsp3) is 0.538. The molecule has 0 amide bonds. The number of aryl methyl sites for hydroxylation is 1. The average molecular weight is 239 g/mol. The molecule has 0 aliphatic carbocycles. The van der Waals surface area contributed by atoms with E-state index in [9.17, 15) is 4.39 Å². The molecule has 0 atom stereocenters. The summed E-state index contributed by atoms with van der Waals surface area (Å²) in [5, 5.41) is 3.53. The Bertz CT molecular complexity index is 348. The second kappa shape index (κ2) is 5.69. The number of benzene rings is 1. The van der Waals surface area contributed by atoms with Crippen LogP contribution in [0.4, 0.5) is 4.39 Å². The highest BCUT2D eigenvalue weighted by molar-refractivity contribution is 7.99. The van der Waals surface area contributed by atoms with Crippen molar-refractivity contribution >= 4 is 11.8 Å². The van der Waals surface area contributed by atoms with E-state index in [-0.39, 0.29) is 5.82 Å². The van der Waals surface area contributed by atoms with Crippen LogP contribution in [0.15, 0.2) is 18.2 Å². The third kappa shape index (κ3) is 3.22. The van der Waals surface area contributed by atoms with E-state index in [1.54, 1.807) is 6.07 Å². The number of hydrogen-bond donors (Lipinski definition) is 1. The minimum absolute atomic E-state index is 0.137. The number of hydrogen-bond acceptors (Lipinski definition) is 2. The minimum atomic E-state index is -0.137. The molecule has 0 unspecified atom stereocenters. The molecule has 3 heteroatoms. The van der Waals surface area contributed by atoms with Crippen molar-refractivity contribution in [3.05, 3.63) is 35.1 Å². The molecule has 2 rings (SSSR count). The highest BCUT2D eigenvalue weighted by atomic mass is 32.2. The van der Waals surface area contributed by atoms with Crippen LogP contribution in [0.5, 0.6) is 0 Å². The van der Waals surface area contributed by atoms with Gasteiger partial charge in [0, 0.05) is 12.6 Å². The fourth-order valence-corrected chi connectivity index (χ4v) is 3.09. The standard InChI is InChI=1S/C13H18FNS/c1-10-2-3-12(14)8-11(10)9-15-13-4-6-16-7-5-13/h2-3,8,13,15H,4-7,9H2,1H3. The molecule has 1 aliphatic rings. The number of nitrogens with one attached hydrogen (secondary N) is 1. The first-order valence-corrected chi connectivity index (χ1v) is 6.97. The van der Waals surface area contributed by atoms with Gasteiger partial charge in [-0.15, -0.1) is 0 Å². The molecule has 0 saturated carbocycles. The number of halogens is 1. The average Bonchev–Trinajstić information content (AvgIpc) is 2.32. The van der Waals surface area contributed by atoms with Crippen LogP contribution in [0.25, 0.3) is 0 Å². The van der Waals surface area contributed by atoms with Crippen molar-refractivity contribution in [2.75, 3.05) is 11.5 Å². The molecule has 0 spiro atoms. The van der Waals surface area contributed by atoms with Gasteiger partial charge in [0.15, 0.2) is 0 Å². The van der Waals surface area contributed by atoms with E-state index < -0.39 is 0 Å². The molecule has 1 aromatic carbocycles. The quantitative estimate of drug-likeness (QED) is 0.869. The van der Waals surface area contributed by atoms with Crippen LogP contribution in [0.3, 0.4) is 0 Å². The molecular weight excluding hydrogens is 221 g/mol. The number of thioether (sulfide) groups is 1. The van der Waals surface area contributed by atoms with Gasteiger partial charge in [-0.2, -0.15) is 11.8 Å². The third-order valence-corrected chi connectivity index (χ3v) is 4.16. The Morgan fingerprint density at radius 2 is 2.12 bits per heavy atom. The molecule has 1 aliphatic heterocycles. The van der Waals surface area contributed by atoms with Gasteiger partial charge in [0.25, 0.3) is 0 Å². The Balaban J connectivity index is 1.90. The molecule has 0 bridgehead atoms. The van der Waals surface area contributed by atoms with E-state index in [2.05, 4.69) is 5.32 Å². The van der Waals surface area contributed by atoms with Crippen molar-refractivity contribution in [3.8, 4) is 0 Å². The van der Waals surface area contributed by atoms with Crippen molar-refractivity contribution < 1.29 is 4.39 Å². The van der Waals surface area contributed by atoms with Crippen molar-refractivity contribution in [2.45, 2.75) is 32.4 Å². The van der Waals surface area contributed by atoms with Gasteiger partial charge in [0.05, 0.1) is 0 Å². The van der Waals surface area contributed by atoms with Crippen molar-refractivity contribution in [1.29, 1.82) is 0 Å². The first-order valence-electron chi connectivity index (χ1n) is 5.82. The molecule has 1 fully saturated rings. The van der Waals surface area contributed by atoms with Crippen LogP contribution in [-0.2, 0) is 6.54 Å². The summed E-state index contributed by atoms with van der Waals surface area (Å²) in [6.45, 7) is 2.83. The summed E-state index contributed by atoms with van der Waals surface area (Å²) >= 11 is 2.03. The second-order valence-electron chi connectivity index (χ2n) is 4.34. The van der Waals surface area contributed by atoms with Crippen molar-refractivity contribution in [1.82, 2.24) is 5.32 Å².